The molecule has 0 fully saturated rings. The third-order valence-corrected chi connectivity index (χ3v) is 3.28. The third-order valence-electron chi connectivity index (χ3n) is 1.99. The number of hydrogen-bond acceptors (Lipinski definition) is 3. The van der Waals surface area contributed by atoms with Gasteiger partial charge in [-0.3, -0.25) is 4.40 Å². The van der Waals surface area contributed by atoms with Crippen molar-refractivity contribution in [1.82, 2.24) is 9.38 Å². The van der Waals surface area contributed by atoms with Gasteiger partial charge in [0.1, 0.15) is 5.65 Å². The van der Waals surface area contributed by atoms with E-state index in [0.29, 0.717) is 0 Å². The van der Waals surface area contributed by atoms with E-state index in [2.05, 4.69) is 4.98 Å². The first-order valence-electron chi connectivity index (χ1n) is 4.20. The molecular weight excluding hydrogens is 281 g/mol. The minimum Gasteiger partial charge on any atom is -0.289 e. The molecule has 17 heavy (non-hydrogen) atoms. The lowest BCUT2D eigenvalue weighted by Crippen LogP contribution is -2.11. The predicted molar refractivity (Wildman–Crippen MR) is 53.2 cm³/mol. The van der Waals surface area contributed by atoms with E-state index in [1.807, 2.05) is 0 Å². The lowest BCUT2D eigenvalue weighted by molar-refractivity contribution is -0.143. The maximum atomic E-state index is 12.6. The van der Waals surface area contributed by atoms with Crippen LogP contribution in [0.15, 0.2) is 29.4 Å². The highest BCUT2D eigenvalue weighted by Gasteiger charge is 2.41. The summed E-state index contributed by atoms with van der Waals surface area (Å²) in [7, 11) is 0.454. The van der Waals surface area contributed by atoms with Crippen LogP contribution in [0.3, 0.4) is 0 Å². The summed E-state index contributed by atoms with van der Waals surface area (Å²) in [5, 5.41) is -1.07. The first kappa shape index (κ1) is 12.2. The van der Waals surface area contributed by atoms with Gasteiger partial charge in [-0.25, -0.2) is 13.4 Å². The molecule has 0 N–H and O–H groups in total. The van der Waals surface area contributed by atoms with Crippen LogP contribution in [0, 0.1) is 0 Å². The summed E-state index contributed by atoms with van der Waals surface area (Å²) >= 11 is 0. The fraction of sp³-hybridized carbons (Fsp3) is 0.125. The molecule has 2 aromatic rings. The maximum absolute atomic E-state index is 12.6. The van der Waals surface area contributed by atoms with Crippen molar-refractivity contribution in [2.45, 2.75) is 11.2 Å². The van der Waals surface area contributed by atoms with Crippen LogP contribution >= 0.6 is 10.7 Å². The normalized spacial score (nSPS) is 13.2. The van der Waals surface area contributed by atoms with Crippen molar-refractivity contribution in [3.8, 4) is 0 Å². The number of hydrogen-bond donors (Lipinski definition) is 0. The van der Waals surface area contributed by atoms with Gasteiger partial charge in [0.15, 0.2) is 10.7 Å². The van der Waals surface area contributed by atoms with Crippen LogP contribution in [0.5, 0.6) is 0 Å². The minimum absolute atomic E-state index is 0.140. The van der Waals surface area contributed by atoms with Gasteiger partial charge in [0.2, 0.25) is 0 Å². The summed E-state index contributed by atoms with van der Waals surface area (Å²) in [5.74, 6) is 0. The maximum Gasteiger partial charge on any atom is 0.436 e. The van der Waals surface area contributed by atoms with Crippen molar-refractivity contribution in [2.24, 2.45) is 0 Å². The molecule has 0 aliphatic rings. The van der Waals surface area contributed by atoms with Gasteiger partial charge in [-0.05, 0) is 12.1 Å². The van der Waals surface area contributed by atoms with Crippen molar-refractivity contribution < 1.29 is 21.6 Å². The van der Waals surface area contributed by atoms with Gasteiger partial charge in [0.05, 0.1) is 0 Å². The molecule has 9 heteroatoms. The zero-order valence-electron chi connectivity index (χ0n) is 7.94. The van der Waals surface area contributed by atoms with Crippen LogP contribution in [-0.4, -0.2) is 17.8 Å². The molecule has 0 unspecified atom stereocenters. The Morgan fingerprint density at radius 2 is 1.94 bits per heavy atom. The van der Waals surface area contributed by atoms with E-state index < -0.39 is 25.9 Å². The fourth-order valence-corrected chi connectivity index (χ4v) is 2.61. The summed E-state index contributed by atoms with van der Waals surface area (Å²) in [4.78, 5) is 3.22. The lowest BCUT2D eigenvalue weighted by Gasteiger charge is -2.04. The van der Waals surface area contributed by atoms with Crippen LogP contribution in [-0.2, 0) is 15.2 Å². The molecule has 0 saturated carbocycles. The summed E-state index contributed by atoms with van der Waals surface area (Å²) in [5.41, 5.74) is -1.65. The van der Waals surface area contributed by atoms with E-state index >= 15 is 0 Å². The number of rotatable bonds is 1. The molecule has 0 aliphatic heterocycles. The predicted octanol–water partition coefficient (Wildman–Crippen LogP) is 2.28. The van der Waals surface area contributed by atoms with Crippen LogP contribution in [0.2, 0.25) is 0 Å². The zero-order valence-corrected chi connectivity index (χ0v) is 9.51. The van der Waals surface area contributed by atoms with Crippen molar-refractivity contribution in [3.05, 3.63) is 30.1 Å². The molecule has 2 heterocycles. The molecule has 0 spiro atoms. The van der Waals surface area contributed by atoms with E-state index in [-0.39, 0.29) is 5.65 Å². The van der Waals surface area contributed by atoms with E-state index in [1.165, 1.54) is 18.2 Å². The van der Waals surface area contributed by atoms with Crippen molar-refractivity contribution in [1.29, 1.82) is 0 Å². The van der Waals surface area contributed by atoms with Gasteiger partial charge >= 0.3 is 6.18 Å². The second kappa shape index (κ2) is 3.61. The number of fused-ring (bicyclic) bond motifs is 1. The average Bonchev–Trinajstić information content (AvgIpc) is 2.54. The minimum atomic E-state index is -4.89. The monoisotopic (exact) mass is 284 g/mol. The van der Waals surface area contributed by atoms with E-state index in [9.17, 15) is 21.6 Å². The number of pyridine rings is 1. The Bertz CT molecular complexity index is 678. The summed E-state index contributed by atoms with van der Waals surface area (Å²) in [6, 6.07) is 4.06. The molecule has 2 aromatic heterocycles. The lowest BCUT2D eigenvalue weighted by atomic mass is 10.5. The largest absolute Gasteiger partial charge is 0.436 e. The number of alkyl halides is 3. The van der Waals surface area contributed by atoms with Gasteiger partial charge in [-0.15, -0.1) is 0 Å². The highest BCUT2D eigenvalue weighted by Crippen LogP contribution is 2.35. The first-order valence-corrected chi connectivity index (χ1v) is 6.51. The summed E-state index contributed by atoms with van der Waals surface area (Å²) in [6.07, 6.45) is -3.74. The van der Waals surface area contributed by atoms with Crippen LogP contribution in [0.1, 0.15) is 5.69 Å². The Labute approximate surface area is 98.1 Å². The van der Waals surface area contributed by atoms with Crippen LogP contribution in [0.25, 0.3) is 5.65 Å². The Hall–Kier alpha value is -1.28. The van der Waals surface area contributed by atoms with Crippen molar-refractivity contribution in [3.63, 3.8) is 0 Å². The molecule has 0 bridgehead atoms. The Balaban J connectivity index is 2.94. The Morgan fingerprint density at radius 1 is 1.29 bits per heavy atom. The van der Waals surface area contributed by atoms with Gasteiger partial charge in [0, 0.05) is 16.9 Å². The second-order valence-corrected chi connectivity index (χ2v) is 5.61. The van der Waals surface area contributed by atoms with E-state index in [1.54, 1.807) is 0 Å². The van der Waals surface area contributed by atoms with E-state index in [4.69, 9.17) is 10.7 Å². The smallest absolute Gasteiger partial charge is 0.289 e. The number of nitrogens with zero attached hydrogens (tertiary/aromatic N) is 2. The molecule has 0 saturated heterocycles. The molecule has 0 aliphatic carbocycles. The molecule has 92 valence electrons. The quantitative estimate of drug-likeness (QED) is 0.755. The topological polar surface area (TPSA) is 51.4 Å². The molecule has 4 nitrogen and oxygen atoms in total. The Morgan fingerprint density at radius 3 is 2.47 bits per heavy atom. The van der Waals surface area contributed by atoms with Gasteiger partial charge in [-0.2, -0.15) is 13.2 Å². The average molecular weight is 285 g/mol. The summed E-state index contributed by atoms with van der Waals surface area (Å²) in [6.45, 7) is 0. The zero-order chi connectivity index (χ0) is 12.8. The number of halogens is 4. The van der Waals surface area contributed by atoms with Gasteiger partial charge in [-0.1, -0.05) is 6.07 Å². The highest BCUT2D eigenvalue weighted by atomic mass is 35.7. The van der Waals surface area contributed by atoms with Gasteiger partial charge in [0.25, 0.3) is 9.05 Å². The van der Waals surface area contributed by atoms with Crippen molar-refractivity contribution >= 4 is 25.4 Å². The third kappa shape index (κ3) is 2.09. The second-order valence-electron chi connectivity index (χ2n) is 3.13. The number of aromatic nitrogens is 2. The molecule has 0 radical (unpaired) electrons. The standard InChI is InChI=1S/C8H4ClF3N2O2S/c9-17(15,16)7-6(8(10,11)12)13-5-3-1-2-4-14(5)7/h1-4H. The first-order chi connectivity index (χ1) is 7.71. The van der Waals surface area contributed by atoms with Crippen LogP contribution in [0.4, 0.5) is 13.2 Å². The van der Waals surface area contributed by atoms with E-state index in [0.717, 1.165) is 10.6 Å². The molecule has 0 aromatic carbocycles. The molecule has 0 atom stereocenters. The summed E-state index contributed by atoms with van der Waals surface area (Å²) < 4.78 is 61.0. The molecule has 2 rings (SSSR count). The number of imidazole rings is 1. The van der Waals surface area contributed by atoms with Crippen LogP contribution < -0.4 is 0 Å². The fourth-order valence-electron chi connectivity index (χ4n) is 1.39. The van der Waals surface area contributed by atoms with Crippen molar-refractivity contribution in [2.75, 3.05) is 0 Å². The SMILES string of the molecule is O=S(=O)(Cl)c1c(C(F)(F)F)nc2ccccn12. The van der Waals surface area contributed by atoms with Gasteiger partial charge < -0.3 is 0 Å². The Kier molecular flexibility index (Phi) is 2.58. The highest BCUT2D eigenvalue weighted by molar-refractivity contribution is 8.13. The molecular formula is C8H4ClF3N2O2S. The molecule has 0 amide bonds.